The molecule has 2 N–H and O–H groups in total. The van der Waals surface area contributed by atoms with Crippen LogP contribution in [-0.4, -0.2) is 18.4 Å². The lowest BCUT2D eigenvalue weighted by molar-refractivity contribution is -0.136. The van der Waals surface area contributed by atoms with E-state index in [0.29, 0.717) is 12.2 Å². The number of rotatable bonds is 5. The highest BCUT2D eigenvalue weighted by molar-refractivity contribution is 6.39. The van der Waals surface area contributed by atoms with Gasteiger partial charge in [-0.05, 0) is 35.6 Å². The minimum absolute atomic E-state index is 0.259. The molecule has 0 radical (unpaired) electrons. The van der Waals surface area contributed by atoms with Gasteiger partial charge in [-0.1, -0.05) is 70.2 Å². The van der Waals surface area contributed by atoms with Crippen LogP contribution in [0.2, 0.25) is 0 Å². The van der Waals surface area contributed by atoms with Crippen molar-refractivity contribution >= 4 is 17.5 Å². The van der Waals surface area contributed by atoms with Crippen molar-refractivity contribution in [1.82, 2.24) is 5.32 Å². The summed E-state index contributed by atoms with van der Waals surface area (Å²) in [6, 6.07) is 15.6. The lowest BCUT2D eigenvalue weighted by atomic mass is 9.82. The van der Waals surface area contributed by atoms with Crippen molar-refractivity contribution in [2.24, 2.45) is 0 Å². The van der Waals surface area contributed by atoms with Crippen LogP contribution in [-0.2, 0) is 15.0 Å². The molecular formula is C22H28N2O2. The molecule has 0 heterocycles. The van der Waals surface area contributed by atoms with Gasteiger partial charge in [0.1, 0.15) is 0 Å². The van der Waals surface area contributed by atoms with Gasteiger partial charge in [0.2, 0.25) is 0 Å². The van der Waals surface area contributed by atoms with E-state index in [9.17, 15) is 9.59 Å². The third-order valence-electron chi connectivity index (χ3n) is 4.60. The number of nitrogens with one attached hydrogen (secondary N) is 2. The van der Waals surface area contributed by atoms with Crippen LogP contribution in [0.15, 0.2) is 48.5 Å². The van der Waals surface area contributed by atoms with Crippen LogP contribution in [0, 0.1) is 6.92 Å². The van der Waals surface area contributed by atoms with Gasteiger partial charge in [-0.3, -0.25) is 9.59 Å². The van der Waals surface area contributed by atoms with Gasteiger partial charge in [0, 0.05) is 17.6 Å². The average molecular weight is 352 g/mol. The predicted octanol–water partition coefficient (Wildman–Crippen LogP) is 4.15. The third kappa shape index (κ3) is 4.72. The van der Waals surface area contributed by atoms with Gasteiger partial charge in [-0.15, -0.1) is 0 Å². The molecule has 0 aliphatic heterocycles. The summed E-state index contributed by atoms with van der Waals surface area (Å²) < 4.78 is 0. The van der Waals surface area contributed by atoms with E-state index in [1.807, 2.05) is 36.4 Å². The molecular weight excluding hydrogens is 324 g/mol. The van der Waals surface area contributed by atoms with Crippen LogP contribution in [0.3, 0.4) is 0 Å². The Morgan fingerprint density at radius 2 is 1.58 bits per heavy atom. The van der Waals surface area contributed by atoms with Gasteiger partial charge in [0.25, 0.3) is 0 Å². The van der Waals surface area contributed by atoms with E-state index in [0.717, 1.165) is 11.1 Å². The Kier molecular flexibility index (Phi) is 6.19. The van der Waals surface area contributed by atoms with Crippen molar-refractivity contribution in [1.29, 1.82) is 0 Å². The number of aryl methyl sites for hydroxylation is 1. The minimum Gasteiger partial charge on any atom is -0.347 e. The molecule has 0 saturated carbocycles. The molecule has 2 aromatic carbocycles. The van der Waals surface area contributed by atoms with Crippen molar-refractivity contribution in [3.05, 3.63) is 65.2 Å². The molecule has 4 nitrogen and oxygen atoms in total. The predicted molar refractivity (Wildman–Crippen MR) is 106 cm³/mol. The summed E-state index contributed by atoms with van der Waals surface area (Å²) in [5.41, 5.74) is 3.75. The number of benzene rings is 2. The van der Waals surface area contributed by atoms with E-state index in [2.05, 4.69) is 57.4 Å². The summed E-state index contributed by atoms with van der Waals surface area (Å²) >= 11 is 0. The Morgan fingerprint density at radius 3 is 2.23 bits per heavy atom. The Morgan fingerprint density at radius 1 is 0.962 bits per heavy atom. The number of amides is 2. The standard InChI is InChI=1S/C22H28N2O2/c1-15(2)17-11-7-9-13-19(17)24-21(26)20(25)23-14-22(4,5)18-12-8-6-10-16(18)3/h6-13,15H,14H2,1-5H3,(H,23,25)(H,24,26). The molecule has 0 bridgehead atoms. The lowest BCUT2D eigenvalue weighted by Crippen LogP contribution is -2.42. The van der Waals surface area contributed by atoms with Gasteiger partial charge in [-0.2, -0.15) is 0 Å². The SMILES string of the molecule is Cc1ccccc1C(C)(C)CNC(=O)C(=O)Nc1ccccc1C(C)C. The van der Waals surface area contributed by atoms with Gasteiger partial charge in [0.05, 0.1) is 0 Å². The van der Waals surface area contributed by atoms with Crippen molar-refractivity contribution in [3.8, 4) is 0 Å². The number of hydrogen-bond acceptors (Lipinski definition) is 2. The van der Waals surface area contributed by atoms with Crippen LogP contribution in [0.25, 0.3) is 0 Å². The number of hydrogen-bond donors (Lipinski definition) is 2. The van der Waals surface area contributed by atoms with E-state index in [1.165, 1.54) is 5.56 Å². The first kappa shape index (κ1) is 19.7. The summed E-state index contributed by atoms with van der Waals surface area (Å²) in [5, 5.41) is 5.49. The molecule has 0 atom stereocenters. The second-order valence-corrected chi connectivity index (χ2v) is 7.58. The van der Waals surface area contributed by atoms with Gasteiger partial charge in [0.15, 0.2) is 0 Å². The first-order chi connectivity index (χ1) is 12.2. The summed E-state index contributed by atoms with van der Waals surface area (Å²) in [5.74, 6) is -1.00. The number of anilines is 1. The zero-order chi connectivity index (χ0) is 19.3. The Balaban J connectivity index is 2.02. The molecule has 2 rings (SSSR count). The molecule has 0 fully saturated rings. The van der Waals surface area contributed by atoms with Crippen molar-refractivity contribution in [2.75, 3.05) is 11.9 Å². The largest absolute Gasteiger partial charge is 0.347 e. The fraction of sp³-hybridized carbons (Fsp3) is 0.364. The van der Waals surface area contributed by atoms with Gasteiger partial charge < -0.3 is 10.6 Å². The van der Waals surface area contributed by atoms with E-state index in [4.69, 9.17) is 0 Å². The highest BCUT2D eigenvalue weighted by Crippen LogP contribution is 2.26. The molecule has 2 amide bonds. The smallest absolute Gasteiger partial charge is 0.313 e. The quantitative estimate of drug-likeness (QED) is 0.794. The first-order valence-corrected chi connectivity index (χ1v) is 8.96. The molecule has 0 saturated heterocycles. The minimum atomic E-state index is -0.640. The van der Waals surface area contributed by atoms with E-state index < -0.39 is 11.8 Å². The van der Waals surface area contributed by atoms with Crippen LogP contribution < -0.4 is 10.6 Å². The number of carbonyl (C=O) groups excluding carboxylic acids is 2. The van der Waals surface area contributed by atoms with E-state index >= 15 is 0 Å². The topological polar surface area (TPSA) is 58.2 Å². The van der Waals surface area contributed by atoms with Crippen LogP contribution >= 0.6 is 0 Å². The van der Waals surface area contributed by atoms with Crippen LogP contribution in [0.1, 0.15) is 50.3 Å². The first-order valence-electron chi connectivity index (χ1n) is 8.96. The summed E-state index contributed by atoms with van der Waals surface area (Å²) in [6.07, 6.45) is 0. The third-order valence-corrected chi connectivity index (χ3v) is 4.60. The van der Waals surface area contributed by atoms with Gasteiger partial charge in [-0.25, -0.2) is 0 Å². The fourth-order valence-electron chi connectivity index (χ4n) is 3.10. The Labute approximate surface area is 156 Å². The molecule has 26 heavy (non-hydrogen) atoms. The molecule has 138 valence electrons. The molecule has 0 aliphatic carbocycles. The zero-order valence-corrected chi connectivity index (χ0v) is 16.2. The second kappa shape index (κ2) is 8.17. The second-order valence-electron chi connectivity index (χ2n) is 7.58. The molecule has 4 heteroatoms. The number of carbonyl (C=O) groups is 2. The summed E-state index contributed by atoms with van der Waals surface area (Å²) in [7, 11) is 0. The Bertz CT molecular complexity index is 794. The van der Waals surface area contributed by atoms with Crippen LogP contribution in [0.4, 0.5) is 5.69 Å². The normalized spacial score (nSPS) is 11.3. The number of para-hydroxylation sites is 1. The summed E-state index contributed by atoms with van der Waals surface area (Å²) in [4.78, 5) is 24.6. The van der Waals surface area contributed by atoms with Crippen molar-refractivity contribution < 1.29 is 9.59 Å². The maximum Gasteiger partial charge on any atom is 0.313 e. The van der Waals surface area contributed by atoms with Crippen LogP contribution in [0.5, 0.6) is 0 Å². The monoisotopic (exact) mass is 352 g/mol. The average Bonchev–Trinajstić information content (AvgIpc) is 2.60. The van der Waals surface area contributed by atoms with E-state index in [-0.39, 0.29) is 11.3 Å². The molecule has 0 aromatic heterocycles. The van der Waals surface area contributed by atoms with Gasteiger partial charge >= 0.3 is 11.8 Å². The zero-order valence-electron chi connectivity index (χ0n) is 16.2. The van der Waals surface area contributed by atoms with E-state index in [1.54, 1.807) is 0 Å². The molecule has 0 spiro atoms. The summed E-state index contributed by atoms with van der Waals surface area (Å²) in [6.45, 7) is 10.7. The fourth-order valence-corrected chi connectivity index (χ4v) is 3.10. The Hall–Kier alpha value is -2.62. The molecule has 2 aromatic rings. The maximum absolute atomic E-state index is 12.3. The molecule has 0 unspecified atom stereocenters. The van der Waals surface area contributed by atoms with Crippen molar-refractivity contribution in [2.45, 2.75) is 46.0 Å². The van der Waals surface area contributed by atoms with Crippen molar-refractivity contribution in [3.63, 3.8) is 0 Å². The highest BCUT2D eigenvalue weighted by Gasteiger charge is 2.25. The molecule has 0 aliphatic rings. The highest BCUT2D eigenvalue weighted by atomic mass is 16.2. The maximum atomic E-state index is 12.3. The lowest BCUT2D eigenvalue weighted by Gasteiger charge is -2.27.